The lowest BCUT2D eigenvalue weighted by molar-refractivity contribution is 0.231. The van der Waals surface area contributed by atoms with Gasteiger partial charge in [-0.25, -0.2) is 5.01 Å². The summed E-state index contributed by atoms with van der Waals surface area (Å²) in [6.45, 7) is 2.29. The normalized spacial score (nSPS) is 15.4. The molecule has 0 aliphatic carbocycles. The van der Waals surface area contributed by atoms with Crippen LogP contribution in [0, 0.1) is 0 Å². The van der Waals surface area contributed by atoms with Gasteiger partial charge in [-0.2, -0.15) is 0 Å². The molecule has 0 aromatic heterocycles. The van der Waals surface area contributed by atoms with E-state index in [2.05, 4.69) is 70.7 Å². The second kappa shape index (κ2) is 7.32. The molecule has 0 amide bonds. The molecule has 1 heterocycles. The number of hydrogen-bond donors (Lipinski definition) is 0. The molecule has 2 nitrogen and oxygen atoms in total. The van der Waals surface area contributed by atoms with Gasteiger partial charge in [0.1, 0.15) is 0 Å². The number of hydrazine groups is 1. The molecule has 20 heavy (non-hydrogen) atoms. The molecule has 0 atom stereocenters. The Hall–Kier alpha value is -1.51. The number of anilines is 2. The predicted octanol–water partition coefficient (Wildman–Crippen LogP) is 4.65. The van der Waals surface area contributed by atoms with Crippen molar-refractivity contribution in [3.63, 3.8) is 0 Å². The first-order valence-electron chi connectivity index (χ1n) is 7.10. The van der Waals surface area contributed by atoms with Crippen molar-refractivity contribution < 1.29 is 0 Å². The van der Waals surface area contributed by atoms with Gasteiger partial charge in [0.25, 0.3) is 0 Å². The highest BCUT2D eigenvalue weighted by Gasteiger charge is 2.19. The highest BCUT2D eigenvalue weighted by atomic mass is 35.5. The number of piperidine rings is 1. The molecule has 106 valence electrons. The van der Waals surface area contributed by atoms with Gasteiger partial charge in [-0.15, -0.1) is 12.4 Å². The summed E-state index contributed by atoms with van der Waals surface area (Å²) >= 11 is 0. The summed E-state index contributed by atoms with van der Waals surface area (Å²) in [7, 11) is 0. The Kier molecular flexibility index (Phi) is 5.45. The molecule has 3 heteroatoms. The summed E-state index contributed by atoms with van der Waals surface area (Å²) in [5, 5.41) is 4.83. The number of hydrogen-bond acceptors (Lipinski definition) is 2. The molecule has 0 saturated carbocycles. The molecule has 0 spiro atoms. The smallest absolute Gasteiger partial charge is 0.0580 e. The summed E-state index contributed by atoms with van der Waals surface area (Å²) in [4.78, 5) is 0. The predicted molar refractivity (Wildman–Crippen MR) is 87.7 cm³/mol. The van der Waals surface area contributed by atoms with Crippen molar-refractivity contribution in [1.82, 2.24) is 5.01 Å². The molecule has 1 aliphatic heterocycles. The van der Waals surface area contributed by atoms with Crippen molar-refractivity contribution in [3.05, 3.63) is 60.7 Å². The Morgan fingerprint density at radius 2 is 1.10 bits per heavy atom. The second-order valence-corrected chi connectivity index (χ2v) is 5.00. The van der Waals surface area contributed by atoms with E-state index in [1.807, 2.05) is 0 Å². The van der Waals surface area contributed by atoms with E-state index in [-0.39, 0.29) is 12.4 Å². The van der Waals surface area contributed by atoms with E-state index in [4.69, 9.17) is 0 Å². The highest BCUT2D eigenvalue weighted by molar-refractivity contribution is 5.85. The third-order valence-electron chi connectivity index (χ3n) is 3.62. The fourth-order valence-electron chi connectivity index (χ4n) is 2.69. The third-order valence-corrected chi connectivity index (χ3v) is 3.62. The van der Waals surface area contributed by atoms with Gasteiger partial charge in [-0.05, 0) is 37.1 Å². The van der Waals surface area contributed by atoms with Gasteiger partial charge in [-0.1, -0.05) is 42.8 Å². The third kappa shape index (κ3) is 3.33. The van der Waals surface area contributed by atoms with Crippen LogP contribution in [0.3, 0.4) is 0 Å². The molecule has 1 fully saturated rings. The Labute approximate surface area is 127 Å². The molecule has 1 saturated heterocycles. The fourth-order valence-corrected chi connectivity index (χ4v) is 2.69. The standard InChI is InChI=1S/C17H20N2.ClH/c1-4-10-16(11-5-1)19(17-12-6-2-7-13-17)18-14-8-3-9-15-18;/h1-2,4-7,10-13H,3,8-9,14-15H2;1H. The topological polar surface area (TPSA) is 6.48 Å². The summed E-state index contributed by atoms with van der Waals surface area (Å²) < 4.78 is 0. The van der Waals surface area contributed by atoms with E-state index < -0.39 is 0 Å². The Morgan fingerprint density at radius 3 is 1.55 bits per heavy atom. The SMILES string of the molecule is Cl.c1ccc(N(c2ccccc2)N2CCCCC2)cc1. The first-order chi connectivity index (χ1) is 9.45. The van der Waals surface area contributed by atoms with Gasteiger partial charge in [0.2, 0.25) is 0 Å². The summed E-state index contributed by atoms with van der Waals surface area (Å²) in [5.74, 6) is 0. The molecule has 0 unspecified atom stereocenters. The van der Waals surface area contributed by atoms with Crippen LogP contribution in [0.5, 0.6) is 0 Å². The molecular formula is C17H21ClN2. The maximum atomic E-state index is 2.47. The lowest BCUT2D eigenvalue weighted by Crippen LogP contribution is -2.42. The number of para-hydroxylation sites is 2. The average Bonchev–Trinajstić information content (AvgIpc) is 2.51. The number of rotatable bonds is 3. The molecule has 0 N–H and O–H groups in total. The van der Waals surface area contributed by atoms with Crippen LogP contribution in [-0.4, -0.2) is 18.1 Å². The monoisotopic (exact) mass is 288 g/mol. The quantitative estimate of drug-likeness (QED) is 0.811. The largest absolute Gasteiger partial charge is 0.274 e. The van der Waals surface area contributed by atoms with Crippen LogP contribution in [0.25, 0.3) is 0 Å². The van der Waals surface area contributed by atoms with Gasteiger partial charge in [0, 0.05) is 13.1 Å². The van der Waals surface area contributed by atoms with Crippen molar-refractivity contribution in [3.8, 4) is 0 Å². The fraction of sp³-hybridized carbons (Fsp3) is 0.294. The van der Waals surface area contributed by atoms with Crippen LogP contribution in [0.4, 0.5) is 11.4 Å². The summed E-state index contributed by atoms with van der Waals surface area (Å²) in [6.07, 6.45) is 3.93. The molecular weight excluding hydrogens is 268 g/mol. The van der Waals surface area contributed by atoms with E-state index in [0.717, 1.165) is 13.1 Å². The van der Waals surface area contributed by atoms with Gasteiger partial charge < -0.3 is 0 Å². The highest BCUT2D eigenvalue weighted by Crippen LogP contribution is 2.28. The minimum atomic E-state index is 0. The molecule has 0 bridgehead atoms. The van der Waals surface area contributed by atoms with Crippen LogP contribution >= 0.6 is 12.4 Å². The molecule has 1 aliphatic rings. The second-order valence-electron chi connectivity index (χ2n) is 5.00. The molecule has 2 aromatic carbocycles. The molecule has 2 aromatic rings. The lowest BCUT2D eigenvalue weighted by Gasteiger charge is -2.39. The van der Waals surface area contributed by atoms with Crippen LogP contribution in [-0.2, 0) is 0 Å². The number of benzene rings is 2. The van der Waals surface area contributed by atoms with E-state index in [1.165, 1.54) is 30.6 Å². The van der Waals surface area contributed by atoms with Gasteiger partial charge in [-0.3, -0.25) is 5.01 Å². The van der Waals surface area contributed by atoms with Crippen molar-refractivity contribution in [1.29, 1.82) is 0 Å². The Balaban J connectivity index is 0.00000147. The minimum absolute atomic E-state index is 0. The summed E-state index contributed by atoms with van der Waals surface area (Å²) in [6, 6.07) is 21.3. The van der Waals surface area contributed by atoms with Crippen LogP contribution in [0.2, 0.25) is 0 Å². The maximum Gasteiger partial charge on any atom is 0.0580 e. The van der Waals surface area contributed by atoms with Gasteiger partial charge in [0.05, 0.1) is 11.4 Å². The van der Waals surface area contributed by atoms with E-state index in [1.54, 1.807) is 0 Å². The Morgan fingerprint density at radius 1 is 0.650 bits per heavy atom. The average molecular weight is 289 g/mol. The zero-order valence-electron chi connectivity index (χ0n) is 11.6. The van der Waals surface area contributed by atoms with Crippen LogP contribution < -0.4 is 5.01 Å². The van der Waals surface area contributed by atoms with Crippen molar-refractivity contribution >= 4 is 23.8 Å². The van der Waals surface area contributed by atoms with Crippen molar-refractivity contribution in [2.24, 2.45) is 0 Å². The van der Waals surface area contributed by atoms with E-state index >= 15 is 0 Å². The van der Waals surface area contributed by atoms with Crippen molar-refractivity contribution in [2.45, 2.75) is 19.3 Å². The van der Waals surface area contributed by atoms with Crippen molar-refractivity contribution in [2.75, 3.05) is 18.1 Å². The number of halogens is 1. The first kappa shape index (κ1) is 14.9. The first-order valence-corrected chi connectivity index (χ1v) is 7.10. The Bertz CT molecular complexity index is 455. The van der Waals surface area contributed by atoms with E-state index in [0.29, 0.717) is 0 Å². The zero-order chi connectivity index (χ0) is 12.9. The van der Waals surface area contributed by atoms with Crippen LogP contribution in [0.1, 0.15) is 19.3 Å². The van der Waals surface area contributed by atoms with Gasteiger partial charge in [0.15, 0.2) is 0 Å². The van der Waals surface area contributed by atoms with E-state index in [9.17, 15) is 0 Å². The lowest BCUT2D eigenvalue weighted by atomic mass is 10.1. The van der Waals surface area contributed by atoms with Gasteiger partial charge >= 0.3 is 0 Å². The minimum Gasteiger partial charge on any atom is -0.274 e. The number of nitrogens with zero attached hydrogens (tertiary/aromatic N) is 2. The molecule has 0 radical (unpaired) electrons. The van der Waals surface area contributed by atoms with Crippen LogP contribution in [0.15, 0.2) is 60.7 Å². The maximum absolute atomic E-state index is 2.47. The molecule has 3 rings (SSSR count). The zero-order valence-corrected chi connectivity index (χ0v) is 12.4. The summed E-state index contributed by atoms with van der Waals surface area (Å²) in [5.41, 5.74) is 2.49.